The Morgan fingerprint density at radius 1 is 1.19 bits per heavy atom. The van der Waals surface area contributed by atoms with Crippen molar-refractivity contribution in [2.24, 2.45) is 5.10 Å². The van der Waals surface area contributed by atoms with E-state index in [9.17, 15) is 13.2 Å². The van der Waals surface area contributed by atoms with Crippen molar-refractivity contribution in [3.05, 3.63) is 29.8 Å². The number of hydrogen-bond acceptors (Lipinski definition) is 3. The van der Waals surface area contributed by atoms with Crippen LogP contribution in [0.15, 0.2) is 29.4 Å². The first-order valence-electron chi connectivity index (χ1n) is 4.70. The molecule has 0 atom stereocenters. The average Bonchev–Trinajstić information content (AvgIpc) is 2.69. The van der Waals surface area contributed by atoms with E-state index in [0.717, 1.165) is 24.2 Å². The third-order valence-corrected chi connectivity index (χ3v) is 2.11. The number of alkyl halides is 3. The zero-order valence-corrected chi connectivity index (χ0v) is 8.21. The number of halogens is 3. The molecule has 2 rings (SSSR count). The minimum atomic E-state index is -4.64. The highest BCUT2D eigenvalue weighted by Gasteiger charge is 2.31. The minimum Gasteiger partial charge on any atom is -0.406 e. The van der Waals surface area contributed by atoms with Crippen LogP contribution in [0.5, 0.6) is 5.75 Å². The molecule has 0 unspecified atom stereocenters. The standard InChI is InChI=1S/C10H9F3N2O/c11-10(12,13)16-8-3-1-7(2-4-8)9-5-6-14-15-9/h1-4,14H,5-6H2. The highest BCUT2D eigenvalue weighted by atomic mass is 19.4. The van der Waals surface area contributed by atoms with Gasteiger partial charge in [-0.1, -0.05) is 0 Å². The topological polar surface area (TPSA) is 33.6 Å². The van der Waals surface area contributed by atoms with Crippen LogP contribution in [0.1, 0.15) is 12.0 Å². The Bertz CT molecular complexity index is 398. The van der Waals surface area contributed by atoms with E-state index in [1.54, 1.807) is 12.1 Å². The van der Waals surface area contributed by atoms with Crippen molar-refractivity contribution in [3.63, 3.8) is 0 Å². The zero-order chi connectivity index (χ0) is 11.6. The number of ether oxygens (including phenoxy) is 1. The fraction of sp³-hybridized carbons (Fsp3) is 0.300. The van der Waals surface area contributed by atoms with Crippen molar-refractivity contribution in [2.45, 2.75) is 12.8 Å². The van der Waals surface area contributed by atoms with Crippen molar-refractivity contribution in [1.29, 1.82) is 0 Å². The van der Waals surface area contributed by atoms with Gasteiger partial charge in [0.05, 0.1) is 5.71 Å². The number of rotatable bonds is 2. The third-order valence-electron chi connectivity index (χ3n) is 2.11. The predicted molar refractivity (Wildman–Crippen MR) is 52.3 cm³/mol. The second-order valence-electron chi connectivity index (χ2n) is 3.29. The Labute approximate surface area is 89.9 Å². The Balaban J connectivity index is 2.10. The molecular formula is C10H9F3N2O. The van der Waals surface area contributed by atoms with Gasteiger partial charge in [0.2, 0.25) is 0 Å². The number of nitrogens with zero attached hydrogens (tertiary/aromatic N) is 1. The van der Waals surface area contributed by atoms with Crippen LogP contribution in [-0.2, 0) is 0 Å². The molecule has 16 heavy (non-hydrogen) atoms. The molecule has 0 saturated carbocycles. The number of benzene rings is 1. The van der Waals surface area contributed by atoms with E-state index in [4.69, 9.17) is 0 Å². The van der Waals surface area contributed by atoms with Crippen LogP contribution in [0.4, 0.5) is 13.2 Å². The number of hydrogen-bond donors (Lipinski definition) is 1. The fourth-order valence-electron chi connectivity index (χ4n) is 1.44. The molecule has 3 nitrogen and oxygen atoms in total. The molecule has 0 saturated heterocycles. The molecule has 86 valence electrons. The van der Waals surface area contributed by atoms with Crippen LogP contribution in [0.3, 0.4) is 0 Å². The highest BCUT2D eigenvalue weighted by molar-refractivity contribution is 6.01. The van der Waals surface area contributed by atoms with Gasteiger partial charge in [0.15, 0.2) is 0 Å². The molecule has 0 spiro atoms. The first kappa shape index (κ1) is 10.8. The lowest BCUT2D eigenvalue weighted by Gasteiger charge is -2.08. The van der Waals surface area contributed by atoms with Gasteiger partial charge < -0.3 is 10.2 Å². The summed E-state index contributed by atoms with van der Waals surface area (Å²) in [6, 6.07) is 5.69. The van der Waals surface area contributed by atoms with E-state index in [2.05, 4.69) is 15.3 Å². The summed E-state index contributed by atoms with van der Waals surface area (Å²) >= 11 is 0. The molecule has 1 heterocycles. The number of nitrogens with one attached hydrogen (secondary N) is 1. The van der Waals surface area contributed by atoms with Crippen LogP contribution in [-0.4, -0.2) is 18.6 Å². The normalized spacial score (nSPS) is 15.6. The maximum atomic E-state index is 11.9. The minimum absolute atomic E-state index is 0.220. The van der Waals surface area contributed by atoms with E-state index >= 15 is 0 Å². The fourth-order valence-corrected chi connectivity index (χ4v) is 1.44. The average molecular weight is 230 g/mol. The van der Waals surface area contributed by atoms with Crippen LogP contribution in [0.25, 0.3) is 0 Å². The van der Waals surface area contributed by atoms with E-state index in [-0.39, 0.29) is 5.75 Å². The molecule has 1 N–H and O–H groups in total. The molecule has 0 aliphatic carbocycles. The van der Waals surface area contributed by atoms with Gasteiger partial charge >= 0.3 is 6.36 Å². The smallest absolute Gasteiger partial charge is 0.406 e. The Kier molecular flexibility index (Phi) is 2.72. The van der Waals surface area contributed by atoms with Crippen LogP contribution in [0, 0.1) is 0 Å². The molecular weight excluding hydrogens is 221 g/mol. The first-order chi connectivity index (χ1) is 7.54. The largest absolute Gasteiger partial charge is 0.573 e. The Morgan fingerprint density at radius 3 is 2.38 bits per heavy atom. The van der Waals surface area contributed by atoms with Gasteiger partial charge in [-0.25, -0.2) is 0 Å². The van der Waals surface area contributed by atoms with Gasteiger partial charge in [-0.05, 0) is 29.8 Å². The molecule has 0 aromatic heterocycles. The van der Waals surface area contributed by atoms with Crippen molar-refractivity contribution < 1.29 is 17.9 Å². The lowest BCUT2D eigenvalue weighted by atomic mass is 10.1. The van der Waals surface area contributed by atoms with Gasteiger partial charge in [-0.2, -0.15) is 5.10 Å². The maximum Gasteiger partial charge on any atom is 0.573 e. The molecule has 6 heteroatoms. The van der Waals surface area contributed by atoms with Gasteiger partial charge in [0, 0.05) is 13.0 Å². The van der Waals surface area contributed by atoms with Gasteiger partial charge in [0.1, 0.15) is 5.75 Å². The van der Waals surface area contributed by atoms with Crippen LogP contribution < -0.4 is 10.2 Å². The van der Waals surface area contributed by atoms with E-state index in [1.165, 1.54) is 12.1 Å². The SMILES string of the molecule is FC(F)(F)Oc1ccc(C2=NNCC2)cc1. The van der Waals surface area contributed by atoms with Gasteiger partial charge in [-0.15, -0.1) is 13.2 Å². The highest BCUT2D eigenvalue weighted by Crippen LogP contribution is 2.23. The molecule has 0 bridgehead atoms. The summed E-state index contributed by atoms with van der Waals surface area (Å²) < 4.78 is 39.4. The lowest BCUT2D eigenvalue weighted by molar-refractivity contribution is -0.274. The summed E-state index contributed by atoms with van der Waals surface area (Å²) in [4.78, 5) is 0. The second-order valence-corrected chi connectivity index (χ2v) is 3.29. The van der Waals surface area contributed by atoms with E-state index in [0.29, 0.717) is 0 Å². The summed E-state index contributed by atoms with van der Waals surface area (Å²) in [5.74, 6) is -0.220. The van der Waals surface area contributed by atoms with E-state index in [1.807, 2.05) is 0 Å². The predicted octanol–water partition coefficient (Wildman–Crippen LogP) is 2.28. The number of hydrazone groups is 1. The Hall–Kier alpha value is -1.72. The van der Waals surface area contributed by atoms with Crippen molar-refractivity contribution in [1.82, 2.24) is 5.43 Å². The second kappa shape index (κ2) is 4.03. The van der Waals surface area contributed by atoms with Crippen molar-refractivity contribution in [3.8, 4) is 5.75 Å². The molecule has 1 aromatic rings. The van der Waals surface area contributed by atoms with Crippen molar-refractivity contribution in [2.75, 3.05) is 6.54 Å². The van der Waals surface area contributed by atoms with Gasteiger partial charge in [-0.3, -0.25) is 0 Å². The molecule has 1 aliphatic heterocycles. The molecule has 0 fully saturated rings. The van der Waals surface area contributed by atoms with Crippen molar-refractivity contribution >= 4 is 5.71 Å². The summed E-state index contributed by atoms with van der Waals surface area (Å²) in [5, 5.41) is 4.01. The van der Waals surface area contributed by atoms with Crippen LogP contribution in [0.2, 0.25) is 0 Å². The summed E-state index contributed by atoms with van der Waals surface area (Å²) in [6.45, 7) is 0.760. The zero-order valence-electron chi connectivity index (χ0n) is 8.21. The van der Waals surface area contributed by atoms with Gasteiger partial charge in [0.25, 0.3) is 0 Å². The molecule has 1 aromatic carbocycles. The summed E-state index contributed by atoms with van der Waals surface area (Å²) in [6.07, 6.45) is -3.87. The molecule has 0 radical (unpaired) electrons. The van der Waals surface area contributed by atoms with Crippen LogP contribution >= 0.6 is 0 Å². The molecule has 1 aliphatic rings. The first-order valence-corrected chi connectivity index (χ1v) is 4.70. The summed E-state index contributed by atoms with van der Waals surface area (Å²) in [5.41, 5.74) is 4.45. The third kappa shape index (κ3) is 2.65. The monoisotopic (exact) mass is 230 g/mol. The van der Waals surface area contributed by atoms with E-state index < -0.39 is 6.36 Å². The quantitative estimate of drug-likeness (QED) is 0.845. The lowest BCUT2D eigenvalue weighted by Crippen LogP contribution is -2.17. The molecule has 0 amide bonds. The summed E-state index contributed by atoms with van der Waals surface area (Å²) in [7, 11) is 0. The maximum absolute atomic E-state index is 11.9. The Morgan fingerprint density at radius 2 is 1.88 bits per heavy atom.